The molecule has 1 aromatic carbocycles. The first-order chi connectivity index (χ1) is 9.70. The summed E-state index contributed by atoms with van der Waals surface area (Å²) in [5.41, 5.74) is 1.95. The Kier molecular flexibility index (Phi) is 5.74. The number of benzene rings is 1. The van der Waals surface area contributed by atoms with Gasteiger partial charge in [-0.05, 0) is 37.8 Å². The molecule has 20 heavy (non-hydrogen) atoms. The Morgan fingerprint density at radius 2 is 2.20 bits per heavy atom. The van der Waals surface area contributed by atoms with E-state index in [0.29, 0.717) is 12.3 Å². The van der Waals surface area contributed by atoms with Gasteiger partial charge >= 0.3 is 0 Å². The highest BCUT2D eigenvalue weighted by atomic mass is 16.5. The Morgan fingerprint density at radius 3 is 2.95 bits per heavy atom. The Hall–Kier alpha value is -1.19. The lowest BCUT2D eigenvalue weighted by Crippen LogP contribution is -2.38. The van der Waals surface area contributed by atoms with E-state index in [1.807, 2.05) is 31.2 Å². The molecule has 0 bridgehead atoms. The average molecular weight is 275 g/mol. The highest BCUT2D eigenvalue weighted by Gasteiger charge is 2.20. The number of Topliss-reactive ketones (excluding diaryl/α,β-unsaturated/α-hetero) is 1. The van der Waals surface area contributed by atoms with Gasteiger partial charge in [-0.1, -0.05) is 24.3 Å². The van der Waals surface area contributed by atoms with Crippen LogP contribution < -0.4 is 0 Å². The van der Waals surface area contributed by atoms with Crippen LogP contribution in [0.25, 0.3) is 0 Å². The molecule has 0 amide bonds. The molecule has 1 atom stereocenters. The number of ether oxygens (including phenoxy) is 1. The normalized spacial score (nSPS) is 20.0. The third-order valence-corrected chi connectivity index (χ3v) is 4.11. The lowest BCUT2D eigenvalue weighted by molar-refractivity contribution is 0.0830. The van der Waals surface area contributed by atoms with E-state index in [1.165, 1.54) is 12.8 Å². The quantitative estimate of drug-likeness (QED) is 0.748. The topological polar surface area (TPSA) is 29.5 Å². The van der Waals surface area contributed by atoms with E-state index < -0.39 is 0 Å². The third kappa shape index (κ3) is 4.15. The van der Waals surface area contributed by atoms with Gasteiger partial charge in [0.1, 0.15) is 0 Å². The summed E-state index contributed by atoms with van der Waals surface area (Å²) in [5, 5.41) is 0. The Bertz CT molecular complexity index is 442. The lowest BCUT2D eigenvalue weighted by atomic mass is 9.98. The lowest BCUT2D eigenvalue weighted by Gasteiger charge is -2.32. The number of hydrogen-bond donors (Lipinski definition) is 0. The second kappa shape index (κ2) is 7.55. The first-order valence-corrected chi connectivity index (χ1v) is 7.51. The van der Waals surface area contributed by atoms with Crippen molar-refractivity contribution in [3.8, 4) is 0 Å². The molecule has 0 radical (unpaired) electrons. The van der Waals surface area contributed by atoms with E-state index in [0.717, 1.165) is 37.4 Å². The van der Waals surface area contributed by atoms with Crippen molar-refractivity contribution < 1.29 is 9.53 Å². The standard InChI is InChI=1S/C17H25NO2/c1-14-6-3-4-8-16(14)17(19)9-11-18-10-5-7-15(12-18)13-20-2/h3-4,6,8,15H,5,7,9-13H2,1-2H3. The number of carbonyl (C=O) groups is 1. The van der Waals surface area contributed by atoms with Crippen LogP contribution in [-0.2, 0) is 4.74 Å². The monoisotopic (exact) mass is 275 g/mol. The molecule has 3 nitrogen and oxygen atoms in total. The summed E-state index contributed by atoms with van der Waals surface area (Å²) in [4.78, 5) is 14.7. The van der Waals surface area contributed by atoms with E-state index in [2.05, 4.69) is 4.90 Å². The van der Waals surface area contributed by atoms with Crippen LogP contribution in [0.2, 0.25) is 0 Å². The zero-order valence-electron chi connectivity index (χ0n) is 12.6. The van der Waals surface area contributed by atoms with Gasteiger partial charge in [-0.2, -0.15) is 0 Å². The summed E-state index contributed by atoms with van der Waals surface area (Å²) in [6.07, 6.45) is 3.08. The van der Waals surface area contributed by atoms with Crippen LogP contribution in [0, 0.1) is 12.8 Å². The molecule has 0 N–H and O–H groups in total. The summed E-state index contributed by atoms with van der Waals surface area (Å²) in [6.45, 7) is 5.88. The zero-order valence-corrected chi connectivity index (χ0v) is 12.6. The summed E-state index contributed by atoms with van der Waals surface area (Å²) in [5.74, 6) is 0.888. The Morgan fingerprint density at radius 1 is 1.40 bits per heavy atom. The number of likely N-dealkylation sites (tertiary alicyclic amines) is 1. The molecule has 1 aliphatic rings. The average Bonchev–Trinajstić information content (AvgIpc) is 2.46. The number of carbonyl (C=O) groups excluding carboxylic acids is 1. The molecule has 0 aliphatic carbocycles. The fraction of sp³-hybridized carbons (Fsp3) is 0.588. The van der Waals surface area contributed by atoms with Crippen molar-refractivity contribution in [3.05, 3.63) is 35.4 Å². The van der Waals surface area contributed by atoms with Crippen LogP contribution in [0.1, 0.15) is 35.2 Å². The van der Waals surface area contributed by atoms with Gasteiger partial charge in [-0.15, -0.1) is 0 Å². The van der Waals surface area contributed by atoms with Gasteiger partial charge in [0.05, 0.1) is 6.61 Å². The van der Waals surface area contributed by atoms with Crippen molar-refractivity contribution in [1.29, 1.82) is 0 Å². The van der Waals surface area contributed by atoms with Gasteiger partial charge in [0.2, 0.25) is 0 Å². The van der Waals surface area contributed by atoms with E-state index in [9.17, 15) is 4.79 Å². The number of nitrogens with zero attached hydrogens (tertiary/aromatic N) is 1. The van der Waals surface area contributed by atoms with E-state index in [1.54, 1.807) is 7.11 Å². The number of piperidine rings is 1. The van der Waals surface area contributed by atoms with E-state index in [-0.39, 0.29) is 5.78 Å². The van der Waals surface area contributed by atoms with Crippen LogP contribution in [0.15, 0.2) is 24.3 Å². The molecule has 1 saturated heterocycles. The van der Waals surface area contributed by atoms with Crippen molar-refractivity contribution in [2.75, 3.05) is 33.4 Å². The first-order valence-electron chi connectivity index (χ1n) is 7.51. The molecule has 1 fully saturated rings. The molecule has 1 aromatic rings. The molecule has 0 saturated carbocycles. The van der Waals surface area contributed by atoms with Crippen LogP contribution in [0.3, 0.4) is 0 Å². The summed E-state index contributed by atoms with van der Waals surface area (Å²) >= 11 is 0. The molecular formula is C17H25NO2. The van der Waals surface area contributed by atoms with Gasteiger partial charge in [0.15, 0.2) is 5.78 Å². The Labute approximate surface area is 121 Å². The molecule has 0 spiro atoms. The molecule has 1 unspecified atom stereocenters. The maximum absolute atomic E-state index is 12.3. The number of aryl methyl sites for hydroxylation is 1. The van der Waals surface area contributed by atoms with Crippen molar-refractivity contribution in [3.63, 3.8) is 0 Å². The third-order valence-electron chi connectivity index (χ3n) is 4.11. The fourth-order valence-corrected chi connectivity index (χ4v) is 3.01. The van der Waals surface area contributed by atoms with Crippen molar-refractivity contribution in [2.24, 2.45) is 5.92 Å². The van der Waals surface area contributed by atoms with Gasteiger partial charge in [-0.3, -0.25) is 4.79 Å². The number of methoxy groups -OCH3 is 1. The maximum atomic E-state index is 12.3. The van der Waals surface area contributed by atoms with Crippen LogP contribution in [0.4, 0.5) is 0 Å². The molecular weight excluding hydrogens is 250 g/mol. The highest BCUT2D eigenvalue weighted by molar-refractivity contribution is 5.97. The molecule has 0 aromatic heterocycles. The fourth-order valence-electron chi connectivity index (χ4n) is 3.01. The Balaban J connectivity index is 1.83. The van der Waals surface area contributed by atoms with E-state index >= 15 is 0 Å². The molecule has 1 heterocycles. The minimum Gasteiger partial charge on any atom is -0.384 e. The van der Waals surface area contributed by atoms with Crippen LogP contribution in [0.5, 0.6) is 0 Å². The predicted octanol–water partition coefficient (Wildman–Crippen LogP) is 2.93. The number of rotatable bonds is 6. The van der Waals surface area contributed by atoms with Crippen LogP contribution in [-0.4, -0.2) is 44.0 Å². The number of ketones is 1. The molecule has 3 heteroatoms. The summed E-state index contributed by atoms with van der Waals surface area (Å²) in [6, 6.07) is 7.85. The SMILES string of the molecule is COCC1CCCN(CCC(=O)c2ccccc2C)C1. The minimum absolute atomic E-state index is 0.261. The minimum atomic E-state index is 0.261. The molecule has 2 rings (SSSR count). The van der Waals surface area contributed by atoms with Crippen molar-refractivity contribution >= 4 is 5.78 Å². The van der Waals surface area contributed by atoms with Crippen LogP contribution >= 0.6 is 0 Å². The van der Waals surface area contributed by atoms with E-state index in [4.69, 9.17) is 4.74 Å². The first kappa shape index (κ1) is 15.2. The summed E-state index contributed by atoms with van der Waals surface area (Å²) in [7, 11) is 1.76. The van der Waals surface area contributed by atoms with Crippen molar-refractivity contribution in [1.82, 2.24) is 4.90 Å². The zero-order chi connectivity index (χ0) is 14.4. The maximum Gasteiger partial charge on any atom is 0.164 e. The summed E-state index contributed by atoms with van der Waals surface area (Å²) < 4.78 is 5.25. The van der Waals surface area contributed by atoms with Gasteiger partial charge in [0.25, 0.3) is 0 Å². The van der Waals surface area contributed by atoms with Gasteiger partial charge in [0, 0.05) is 32.2 Å². The highest BCUT2D eigenvalue weighted by Crippen LogP contribution is 2.17. The second-order valence-electron chi connectivity index (χ2n) is 5.75. The van der Waals surface area contributed by atoms with Gasteiger partial charge in [-0.25, -0.2) is 0 Å². The molecule has 110 valence electrons. The number of hydrogen-bond acceptors (Lipinski definition) is 3. The van der Waals surface area contributed by atoms with Crippen molar-refractivity contribution in [2.45, 2.75) is 26.2 Å². The predicted molar refractivity (Wildman–Crippen MR) is 81.2 cm³/mol. The largest absolute Gasteiger partial charge is 0.384 e. The molecule has 1 aliphatic heterocycles. The van der Waals surface area contributed by atoms with Gasteiger partial charge < -0.3 is 9.64 Å². The second-order valence-corrected chi connectivity index (χ2v) is 5.75. The smallest absolute Gasteiger partial charge is 0.164 e.